The molecule has 2 rings (SSSR count). The molecule has 2 aliphatic heterocycles. The van der Waals surface area contributed by atoms with Crippen molar-refractivity contribution in [3.05, 3.63) is 0 Å². The molecule has 6 heteroatoms. The minimum atomic E-state index is -0.720. The van der Waals surface area contributed by atoms with Crippen molar-refractivity contribution in [2.75, 3.05) is 13.1 Å². The number of amides is 1. The molecule has 3 atom stereocenters. The van der Waals surface area contributed by atoms with Crippen molar-refractivity contribution in [2.24, 2.45) is 0 Å². The first kappa shape index (κ1) is 14.5. The Bertz CT molecular complexity index is 267. The standard InChI is InChI=1S/C6H12AsNO.C5H9NO2/c7-5-2-1-3-8-6(9)4-5;7-5(8)4-2-1-3-6-4/h5H,1-4,7H2,(H,8,9);4,6H,1-3H2,(H,7,8)/t5-;4-/m00/s1. The number of carbonyl (C=O) groups is 2. The van der Waals surface area contributed by atoms with E-state index in [2.05, 4.69) is 10.6 Å². The summed E-state index contributed by atoms with van der Waals surface area (Å²) in [5.74, 6) is -0.482. The maximum atomic E-state index is 10.8. The molecule has 0 bridgehead atoms. The second-order valence-corrected chi connectivity index (χ2v) is 6.42. The minimum absolute atomic E-state index is 0.238. The van der Waals surface area contributed by atoms with Crippen LogP contribution in [0, 0.1) is 0 Å². The van der Waals surface area contributed by atoms with E-state index >= 15 is 0 Å². The second kappa shape index (κ2) is 7.72. The number of hydrogen-bond donors (Lipinski definition) is 3. The maximum absolute atomic E-state index is 10.8. The third kappa shape index (κ3) is 6.08. The predicted molar refractivity (Wildman–Crippen MR) is 67.8 cm³/mol. The van der Waals surface area contributed by atoms with Crippen LogP contribution in [-0.2, 0) is 9.59 Å². The van der Waals surface area contributed by atoms with Crippen molar-refractivity contribution in [1.82, 2.24) is 10.6 Å². The monoisotopic (exact) mass is 304 g/mol. The van der Waals surface area contributed by atoms with Crippen molar-refractivity contribution in [3.8, 4) is 0 Å². The van der Waals surface area contributed by atoms with Crippen LogP contribution in [0.5, 0.6) is 0 Å². The van der Waals surface area contributed by atoms with Gasteiger partial charge in [0.2, 0.25) is 0 Å². The summed E-state index contributed by atoms with van der Waals surface area (Å²) < 4.78 is 0.653. The van der Waals surface area contributed by atoms with Gasteiger partial charge in [-0.25, -0.2) is 0 Å². The summed E-state index contributed by atoms with van der Waals surface area (Å²) >= 11 is 1.70. The van der Waals surface area contributed by atoms with Crippen molar-refractivity contribution in [2.45, 2.75) is 42.9 Å². The van der Waals surface area contributed by atoms with E-state index in [1.165, 1.54) is 6.42 Å². The molecular weight excluding hydrogens is 283 g/mol. The van der Waals surface area contributed by atoms with Crippen molar-refractivity contribution >= 4 is 28.7 Å². The average molecular weight is 304 g/mol. The number of carboxylic acids is 1. The molecule has 0 aliphatic carbocycles. The molecule has 0 radical (unpaired) electrons. The van der Waals surface area contributed by atoms with Crippen molar-refractivity contribution in [3.63, 3.8) is 0 Å². The van der Waals surface area contributed by atoms with Gasteiger partial charge in [-0.15, -0.1) is 0 Å². The molecule has 0 aromatic heterocycles. The molecule has 2 fully saturated rings. The Labute approximate surface area is 110 Å². The molecular formula is C11H21AsN2O3. The van der Waals surface area contributed by atoms with Gasteiger partial charge in [0.25, 0.3) is 0 Å². The predicted octanol–water partition coefficient (Wildman–Crippen LogP) is -0.469. The van der Waals surface area contributed by atoms with E-state index in [4.69, 9.17) is 5.11 Å². The number of carbonyl (C=O) groups excluding carboxylic acids is 1. The first-order valence-electron chi connectivity index (χ1n) is 6.08. The Kier molecular flexibility index (Phi) is 6.59. The van der Waals surface area contributed by atoms with E-state index in [1.54, 1.807) is 16.9 Å². The van der Waals surface area contributed by atoms with Crippen LogP contribution >= 0.6 is 0 Å². The molecule has 2 aliphatic rings. The number of aliphatic carboxylic acids is 1. The Hall–Kier alpha value is -0.542. The Balaban J connectivity index is 0.000000171. The van der Waals surface area contributed by atoms with Crippen molar-refractivity contribution in [1.29, 1.82) is 0 Å². The van der Waals surface area contributed by atoms with Crippen molar-refractivity contribution < 1.29 is 14.7 Å². The van der Waals surface area contributed by atoms with Crippen LogP contribution in [0.2, 0.25) is 4.71 Å². The third-order valence-electron chi connectivity index (χ3n) is 2.88. The third-order valence-corrected chi connectivity index (χ3v) is 4.07. The number of nitrogens with one attached hydrogen (secondary N) is 2. The molecule has 1 amide bonds. The quantitative estimate of drug-likeness (QED) is 0.572. The first-order chi connectivity index (χ1) is 8.09. The molecule has 98 valence electrons. The normalized spacial score (nSPS) is 28.6. The Morgan fingerprint density at radius 3 is 2.53 bits per heavy atom. The van der Waals surface area contributed by atoms with Crippen LogP contribution in [0.3, 0.4) is 0 Å². The molecule has 17 heavy (non-hydrogen) atoms. The number of hydrogen-bond acceptors (Lipinski definition) is 3. The van der Waals surface area contributed by atoms with Gasteiger partial charge in [0.1, 0.15) is 6.04 Å². The van der Waals surface area contributed by atoms with Gasteiger partial charge < -0.3 is 10.4 Å². The fourth-order valence-corrected chi connectivity index (χ4v) is 2.84. The van der Waals surface area contributed by atoms with Crippen LogP contribution < -0.4 is 10.6 Å². The fraction of sp³-hybridized carbons (Fsp3) is 0.818. The summed E-state index contributed by atoms with van der Waals surface area (Å²) in [6.45, 7) is 1.75. The summed E-state index contributed by atoms with van der Waals surface area (Å²) in [6, 6.07) is -0.269. The molecule has 0 aromatic carbocycles. The summed E-state index contributed by atoms with van der Waals surface area (Å²) in [4.78, 5) is 20.9. The summed E-state index contributed by atoms with van der Waals surface area (Å²) in [5, 5.41) is 14.1. The van der Waals surface area contributed by atoms with Gasteiger partial charge in [-0.05, 0) is 19.4 Å². The SMILES string of the molecule is O=C(O)[C@@H]1CCCN1.O=C1C[C@@H]([AsH2])CCCN1. The van der Waals surface area contributed by atoms with Crippen LogP contribution in [-0.4, -0.2) is 53.0 Å². The van der Waals surface area contributed by atoms with Gasteiger partial charge in [0, 0.05) is 0 Å². The van der Waals surface area contributed by atoms with E-state index < -0.39 is 5.97 Å². The van der Waals surface area contributed by atoms with Crippen LogP contribution in [0.1, 0.15) is 32.1 Å². The molecule has 2 saturated heterocycles. The molecule has 5 nitrogen and oxygen atoms in total. The summed E-state index contributed by atoms with van der Waals surface area (Å²) in [7, 11) is 0. The Morgan fingerprint density at radius 2 is 2.00 bits per heavy atom. The van der Waals surface area contributed by atoms with Gasteiger partial charge in [-0.1, -0.05) is 0 Å². The molecule has 2 heterocycles. The topological polar surface area (TPSA) is 78.4 Å². The van der Waals surface area contributed by atoms with Gasteiger partial charge in [0.05, 0.1) is 0 Å². The van der Waals surface area contributed by atoms with Gasteiger partial charge in [-0.2, -0.15) is 0 Å². The van der Waals surface area contributed by atoms with E-state index in [0.717, 1.165) is 38.8 Å². The summed E-state index contributed by atoms with van der Waals surface area (Å²) in [5.41, 5.74) is 0. The Morgan fingerprint density at radius 1 is 1.29 bits per heavy atom. The van der Waals surface area contributed by atoms with E-state index in [-0.39, 0.29) is 11.9 Å². The molecule has 1 unspecified atom stereocenters. The van der Waals surface area contributed by atoms with Crippen LogP contribution in [0.15, 0.2) is 0 Å². The molecule has 0 spiro atoms. The second-order valence-electron chi connectivity index (χ2n) is 4.44. The average Bonchev–Trinajstić information content (AvgIpc) is 2.72. The number of rotatable bonds is 1. The zero-order valence-electron chi connectivity index (χ0n) is 9.95. The van der Waals surface area contributed by atoms with Crippen LogP contribution in [0.4, 0.5) is 0 Å². The number of carboxylic acid groups (broad SMARTS) is 1. The first-order valence-corrected chi connectivity index (χ1v) is 7.48. The zero-order valence-corrected chi connectivity index (χ0v) is 12.4. The van der Waals surface area contributed by atoms with Gasteiger partial charge in [0.15, 0.2) is 0 Å². The summed E-state index contributed by atoms with van der Waals surface area (Å²) in [6.07, 6.45) is 4.92. The van der Waals surface area contributed by atoms with E-state index in [9.17, 15) is 9.59 Å². The van der Waals surface area contributed by atoms with E-state index in [1.807, 2.05) is 0 Å². The molecule has 0 saturated carbocycles. The molecule has 3 N–H and O–H groups in total. The fourth-order valence-electron chi connectivity index (χ4n) is 1.90. The van der Waals surface area contributed by atoms with Gasteiger partial charge in [-0.3, -0.25) is 4.79 Å². The van der Waals surface area contributed by atoms with E-state index in [0.29, 0.717) is 4.71 Å². The molecule has 0 aromatic rings. The van der Waals surface area contributed by atoms with Crippen LogP contribution in [0.25, 0.3) is 0 Å². The van der Waals surface area contributed by atoms with Gasteiger partial charge >= 0.3 is 69.4 Å². The zero-order chi connectivity index (χ0) is 12.7.